The van der Waals surface area contributed by atoms with Gasteiger partial charge in [-0.15, -0.1) is 0 Å². The Morgan fingerprint density at radius 1 is 0.720 bits per heavy atom. The molecule has 2 aliphatic carbocycles. The molecule has 0 aromatic heterocycles. The summed E-state index contributed by atoms with van der Waals surface area (Å²) in [5.41, 5.74) is 0.167. The minimum absolute atomic E-state index is 0.167. The molecule has 4 nitrogen and oxygen atoms in total. The normalized spacial score (nSPS) is 23.6. The first-order valence-corrected chi connectivity index (χ1v) is 11.8. The van der Waals surface area contributed by atoms with Crippen LogP contribution in [0.2, 0.25) is 0 Å². The molecule has 0 aliphatic heterocycles. The molecule has 0 spiro atoms. The van der Waals surface area contributed by atoms with Gasteiger partial charge in [0.25, 0.3) is 0 Å². The van der Waals surface area contributed by atoms with E-state index in [0.29, 0.717) is 21.2 Å². The predicted molar refractivity (Wildman–Crippen MR) is 108 cm³/mol. The van der Waals surface area contributed by atoms with E-state index in [0.717, 1.165) is 13.1 Å². The summed E-state index contributed by atoms with van der Waals surface area (Å²) < 4.78 is 9.95. The van der Waals surface area contributed by atoms with Gasteiger partial charge in [-0.1, -0.05) is 46.0 Å². The van der Waals surface area contributed by atoms with Gasteiger partial charge in [0.15, 0.2) is 0 Å². The van der Waals surface area contributed by atoms with Gasteiger partial charge in [-0.05, 0) is 64.5 Å². The lowest BCUT2D eigenvalue weighted by Gasteiger charge is -2.38. The Hall–Kier alpha value is -0.263. The molecular weight excluding hydrogens is 324 g/mol. The fourth-order valence-corrected chi connectivity index (χ4v) is 5.44. The van der Waals surface area contributed by atoms with E-state index < -0.39 is 0 Å². The molecule has 25 heavy (non-hydrogen) atoms. The maximum absolute atomic E-state index is 4.99. The Morgan fingerprint density at radius 3 is 1.64 bits per heavy atom. The Kier molecular flexibility index (Phi) is 10.3. The number of hydrogen-bond donors (Lipinski definition) is 2. The highest BCUT2D eigenvalue weighted by atomic mass is 28.2. The van der Waals surface area contributed by atoms with Gasteiger partial charge in [0, 0.05) is 0 Å². The standard InChI is InChI=1S/C20H40N4Si/c1-3-21-20(22-4-2)16-10-14-19(15-11-17-20)24-25-23-18-12-8-6-5-7-9-13-18/h18-19,21-22H,3-17H2,1-2H3. The second kappa shape index (κ2) is 12.2. The van der Waals surface area contributed by atoms with Crippen molar-refractivity contribution in [1.82, 2.24) is 10.6 Å². The summed E-state index contributed by atoms with van der Waals surface area (Å²) in [6, 6.07) is 1.16. The molecule has 0 unspecified atom stereocenters. The Balaban J connectivity index is 1.83. The smallest absolute Gasteiger partial charge is 0.213 e. The summed E-state index contributed by atoms with van der Waals surface area (Å²) >= 11 is 0. The first-order valence-electron chi connectivity index (χ1n) is 10.9. The third-order valence-corrected chi connectivity index (χ3v) is 6.83. The van der Waals surface area contributed by atoms with Crippen molar-refractivity contribution in [2.24, 2.45) is 9.27 Å². The van der Waals surface area contributed by atoms with Crippen LogP contribution in [0.1, 0.15) is 97.3 Å². The van der Waals surface area contributed by atoms with Crippen molar-refractivity contribution in [2.75, 3.05) is 13.1 Å². The lowest BCUT2D eigenvalue weighted by Crippen LogP contribution is -2.57. The van der Waals surface area contributed by atoms with Crippen LogP contribution in [-0.2, 0) is 0 Å². The number of hydrogen-bond acceptors (Lipinski definition) is 4. The lowest BCUT2D eigenvalue weighted by molar-refractivity contribution is 0.199. The molecule has 2 fully saturated rings. The van der Waals surface area contributed by atoms with Crippen LogP contribution in [-0.4, -0.2) is 39.9 Å². The van der Waals surface area contributed by atoms with E-state index in [9.17, 15) is 0 Å². The molecule has 0 heterocycles. The topological polar surface area (TPSA) is 48.8 Å². The van der Waals surface area contributed by atoms with Crippen molar-refractivity contribution in [3.63, 3.8) is 0 Å². The average Bonchev–Trinajstić information content (AvgIpc) is 2.54. The van der Waals surface area contributed by atoms with Crippen molar-refractivity contribution in [3.05, 3.63) is 0 Å². The SMILES string of the molecule is CCNC1(NCC)CCCC(N=[Si]=NC2CCCCCCC2)CCC1. The minimum Gasteiger partial charge on any atom is -0.300 e. The van der Waals surface area contributed by atoms with Crippen LogP contribution in [0.15, 0.2) is 9.27 Å². The third-order valence-electron chi connectivity index (χ3n) is 5.87. The van der Waals surface area contributed by atoms with Crippen LogP contribution < -0.4 is 10.6 Å². The summed E-state index contributed by atoms with van der Waals surface area (Å²) in [5.74, 6) is 0. The third kappa shape index (κ3) is 7.88. The summed E-state index contributed by atoms with van der Waals surface area (Å²) in [6.45, 7) is 6.52. The Morgan fingerprint density at radius 2 is 1.16 bits per heavy atom. The summed E-state index contributed by atoms with van der Waals surface area (Å²) in [6.07, 6.45) is 17.1. The van der Waals surface area contributed by atoms with E-state index in [-0.39, 0.29) is 5.66 Å². The Bertz CT molecular complexity index is 394. The number of rotatable bonds is 6. The van der Waals surface area contributed by atoms with Gasteiger partial charge in [-0.25, -0.2) is 0 Å². The molecule has 0 aromatic carbocycles. The van der Waals surface area contributed by atoms with E-state index in [4.69, 9.17) is 9.27 Å². The van der Waals surface area contributed by atoms with Crippen molar-refractivity contribution >= 4 is 9.10 Å². The molecule has 0 saturated heterocycles. The van der Waals surface area contributed by atoms with Gasteiger partial charge >= 0.3 is 0 Å². The fraction of sp³-hybridized carbons (Fsp3) is 1.00. The fourth-order valence-electron chi connectivity index (χ4n) is 4.53. The van der Waals surface area contributed by atoms with E-state index in [2.05, 4.69) is 24.5 Å². The molecule has 0 amide bonds. The van der Waals surface area contributed by atoms with Crippen LogP contribution >= 0.6 is 0 Å². The molecule has 0 atom stereocenters. The van der Waals surface area contributed by atoms with E-state index in [1.165, 1.54) is 83.5 Å². The van der Waals surface area contributed by atoms with Gasteiger partial charge in [0.05, 0.1) is 17.7 Å². The molecule has 0 radical (unpaired) electrons. The maximum Gasteiger partial charge on any atom is 0.213 e. The first-order chi connectivity index (χ1) is 12.3. The van der Waals surface area contributed by atoms with Crippen LogP contribution in [0.5, 0.6) is 0 Å². The van der Waals surface area contributed by atoms with Crippen molar-refractivity contribution < 1.29 is 0 Å². The molecule has 2 rings (SSSR count). The van der Waals surface area contributed by atoms with Crippen molar-refractivity contribution in [3.8, 4) is 0 Å². The van der Waals surface area contributed by atoms with Crippen LogP contribution in [0.4, 0.5) is 0 Å². The first kappa shape index (κ1) is 21.0. The second-order valence-corrected chi connectivity index (χ2v) is 8.65. The zero-order valence-electron chi connectivity index (χ0n) is 16.7. The number of nitrogens with zero attached hydrogens (tertiary/aromatic N) is 2. The largest absolute Gasteiger partial charge is 0.300 e. The average molecular weight is 365 g/mol. The molecule has 5 heteroatoms. The summed E-state index contributed by atoms with van der Waals surface area (Å²) in [4.78, 5) is 0. The van der Waals surface area contributed by atoms with Gasteiger partial charge < -0.3 is 0 Å². The van der Waals surface area contributed by atoms with E-state index in [1.807, 2.05) is 0 Å². The van der Waals surface area contributed by atoms with Gasteiger partial charge in [0.1, 0.15) is 0 Å². The molecule has 0 bridgehead atoms. The van der Waals surface area contributed by atoms with Crippen LogP contribution in [0.25, 0.3) is 0 Å². The van der Waals surface area contributed by atoms with Gasteiger partial charge in [-0.2, -0.15) is 0 Å². The predicted octanol–water partition coefficient (Wildman–Crippen LogP) is 4.81. The molecule has 0 aromatic rings. The van der Waals surface area contributed by atoms with Crippen molar-refractivity contribution in [2.45, 2.75) is 115 Å². The molecule has 2 aliphatic rings. The quantitative estimate of drug-likeness (QED) is 0.525. The highest BCUT2D eigenvalue weighted by Crippen LogP contribution is 2.26. The molecular formula is C20H40N4Si. The molecule has 2 saturated carbocycles. The summed E-state index contributed by atoms with van der Waals surface area (Å²) in [5, 5.41) is 7.44. The van der Waals surface area contributed by atoms with Crippen molar-refractivity contribution in [1.29, 1.82) is 0 Å². The second-order valence-electron chi connectivity index (χ2n) is 7.94. The molecule has 144 valence electrons. The van der Waals surface area contributed by atoms with Crippen LogP contribution in [0, 0.1) is 0 Å². The minimum atomic E-state index is 0.167. The van der Waals surface area contributed by atoms with E-state index >= 15 is 0 Å². The summed E-state index contributed by atoms with van der Waals surface area (Å²) in [7, 11) is 0.489. The lowest BCUT2D eigenvalue weighted by atomic mass is 9.89. The number of nitrogens with one attached hydrogen (secondary N) is 2. The van der Waals surface area contributed by atoms with E-state index in [1.54, 1.807) is 0 Å². The monoisotopic (exact) mass is 364 g/mol. The Labute approximate surface area is 157 Å². The van der Waals surface area contributed by atoms with Gasteiger partial charge in [-0.3, -0.25) is 19.9 Å². The zero-order valence-corrected chi connectivity index (χ0v) is 17.7. The zero-order chi connectivity index (χ0) is 17.8. The van der Waals surface area contributed by atoms with Crippen LogP contribution in [0.3, 0.4) is 0 Å². The molecule has 2 N–H and O–H groups in total. The highest BCUT2D eigenvalue weighted by Gasteiger charge is 2.29. The maximum atomic E-state index is 4.99. The highest BCUT2D eigenvalue weighted by molar-refractivity contribution is 6.06. The van der Waals surface area contributed by atoms with Gasteiger partial charge in [0.2, 0.25) is 9.10 Å².